The molecule has 26 heavy (non-hydrogen) atoms. The summed E-state index contributed by atoms with van der Waals surface area (Å²) in [6.45, 7) is 1.17. The Bertz CT molecular complexity index is 724. The fraction of sp³-hybridized carbons (Fsp3) is 0.278. The minimum absolute atomic E-state index is 0. The van der Waals surface area contributed by atoms with Crippen molar-refractivity contribution in [2.75, 3.05) is 23.7 Å². The number of aromatic nitrogens is 1. The average molecular weight is 397 g/mol. The number of hydrogen-bond acceptors (Lipinski definition) is 4. The van der Waals surface area contributed by atoms with E-state index in [9.17, 15) is 9.59 Å². The number of anilines is 2. The molecule has 2 aromatic rings. The van der Waals surface area contributed by atoms with Crippen molar-refractivity contribution in [1.29, 1.82) is 0 Å². The summed E-state index contributed by atoms with van der Waals surface area (Å²) in [5.74, 6) is 0.840. The van der Waals surface area contributed by atoms with Crippen LogP contribution in [0.2, 0.25) is 0 Å². The standard InChI is InChI=1S/C18H20N4O2.2ClH/c23-17(12-19-11-13-7-8-13)21-15-5-3-4-14(10-15)18(24)22-16-6-1-2-9-20-16;;/h1-6,9-10,13,19H,7-8,11-12H2,(H,21,23)(H,20,22,24);2*1H. The lowest BCUT2D eigenvalue weighted by molar-refractivity contribution is -0.115. The first kappa shape index (κ1) is 21.9. The third-order valence-electron chi connectivity index (χ3n) is 3.73. The summed E-state index contributed by atoms with van der Waals surface area (Å²) in [5.41, 5.74) is 1.06. The van der Waals surface area contributed by atoms with E-state index in [1.807, 2.05) is 0 Å². The molecule has 1 aliphatic rings. The average Bonchev–Trinajstić information content (AvgIpc) is 3.40. The Labute approximate surface area is 165 Å². The first-order valence-electron chi connectivity index (χ1n) is 8.04. The van der Waals surface area contributed by atoms with Crippen LogP contribution in [0.4, 0.5) is 11.5 Å². The normalized spacial score (nSPS) is 12.3. The maximum Gasteiger partial charge on any atom is 0.256 e. The van der Waals surface area contributed by atoms with Gasteiger partial charge in [-0.3, -0.25) is 9.59 Å². The predicted octanol–water partition coefficient (Wildman–Crippen LogP) is 3.12. The van der Waals surface area contributed by atoms with Crippen LogP contribution < -0.4 is 16.0 Å². The molecule has 3 rings (SSSR count). The summed E-state index contributed by atoms with van der Waals surface area (Å²) < 4.78 is 0. The quantitative estimate of drug-likeness (QED) is 0.671. The highest BCUT2D eigenvalue weighted by Gasteiger charge is 2.20. The first-order chi connectivity index (χ1) is 11.7. The summed E-state index contributed by atoms with van der Waals surface area (Å²) >= 11 is 0. The largest absolute Gasteiger partial charge is 0.325 e. The molecule has 6 nitrogen and oxygen atoms in total. The van der Waals surface area contributed by atoms with Gasteiger partial charge in [-0.15, -0.1) is 24.8 Å². The second kappa shape index (κ2) is 10.8. The van der Waals surface area contributed by atoms with Crippen LogP contribution in [0.25, 0.3) is 0 Å². The molecule has 1 heterocycles. The predicted molar refractivity (Wildman–Crippen MR) is 107 cm³/mol. The molecule has 0 aliphatic heterocycles. The number of carbonyl (C=O) groups excluding carboxylic acids is 2. The SMILES string of the molecule is Cl.Cl.O=C(CNCC1CC1)Nc1cccc(C(=O)Nc2ccccn2)c1. The van der Waals surface area contributed by atoms with Crippen molar-refractivity contribution >= 4 is 48.1 Å². The number of carbonyl (C=O) groups is 2. The minimum Gasteiger partial charge on any atom is -0.325 e. The molecular formula is C18H22Cl2N4O2. The van der Waals surface area contributed by atoms with Crippen molar-refractivity contribution in [2.45, 2.75) is 12.8 Å². The number of amides is 2. The van der Waals surface area contributed by atoms with Crippen LogP contribution >= 0.6 is 24.8 Å². The fourth-order valence-corrected chi connectivity index (χ4v) is 2.28. The topological polar surface area (TPSA) is 83.1 Å². The molecule has 1 aromatic heterocycles. The van der Waals surface area contributed by atoms with Gasteiger partial charge in [0.1, 0.15) is 5.82 Å². The third-order valence-corrected chi connectivity index (χ3v) is 3.73. The molecule has 0 unspecified atom stereocenters. The van der Waals surface area contributed by atoms with Crippen LogP contribution in [-0.2, 0) is 4.79 Å². The second-order valence-corrected chi connectivity index (χ2v) is 5.87. The number of nitrogens with zero attached hydrogens (tertiary/aromatic N) is 1. The number of halogens is 2. The monoisotopic (exact) mass is 396 g/mol. The van der Waals surface area contributed by atoms with Gasteiger partial charge in [0.25, 0.3) is 5.91 Å². The molecule has 1 saturated carbocycles. The van der Waals surface area contributed by atoms with E-state index < -0.39 is 0 Å². The Hall–Kier alpha value is -2.15. The van der Waals surface area contributed by atoms with Crippen molar-refractivity contribution in [1.82, 2.24) is 10.3 Å². The van der Waals surface area contributed by atoms with Gasteiger partial charge in [0.05, 0.1) is 6.54 Å². The molecule has 0 bridgehead atoms. The summed E-state index contributed by atoms with van der Waals surface area (Å²) in [6, 6.07) is 12.1. The number of hydrogen-bond donors (Lipinski definition) is 3. The van der Waals surface area contributed by atoms with E-state index >= 15 is 0 Å². The van der Waals surface area contributed by atoms with Crippen LogP contribution in [0.15, 0.2) is 48.7 Å². The van der Waals surface area contributed by atoms with Gasteiger partial charge in [-0.25, -0.2) is 4.98 Å². The fourth-order valence-electron chi connectivity index (χ4n) is 2.28. The van der Waals surface area contributed by atoms with Gasteiger partial charge in [-0.2, -0.15) is 0 Å². The molecule has 1 aliphatic carbocycles. The van der Waals surface area contributed by atoms with Crippen LogP contribution in [0.5, 0.6) is 0 Å². The molecule has 8 heteroatoms. The summed E-state index contributed by atoms with van der Waals surface area (Å²) in [5, 5.41) is 8.65. The molecule has 0 atom stereocenters. The Morgan fingerprint density at radius 1 is 1.04 bits per heavy atom. The maximum atomic E-state index is 12.2. The molecule has 3 N–H and O–H groups in total. The van der Waals surface area contributed by atoms with Gasteiger partial charge in [-0.05, 0) is 55.6 Å². The zero-order valence-corrected chi connectivity index (χ0v) is 15.7. The highest BCUT2D eigenvalue weighted by Crippen LogP contribution is 2.27. The van der Waals surface area contributed by atoms with Gasteiger partial charge >= 0.3 is 0 Å². The second-order valence-electron chi connectivity index (χ2n) is 5.87. The summed E-state index contributed by atoms with van der Waals surface area (Å²) in [4.78, 5) is 28.2. The Kier molecular flexibility index (Phi) is 9.05. The number of pyridine rings is 1. The Balaban J connectivity index is 0.00000169. The molecule has 1 fully saturated rings. The molecule has 0 saturated heterocycles. The van der Waals surface area contributed by atoms with E-state index in [0.717, 1.165) is 12.5 Å². The van der Waals surface area contributed by atoms with Gasteiger partial charge in [0, 0.05) is 17.4 Å². The minimum atomic E-state index is -0.267. The van der Waals surface area contributed by atoms with Gasteiger partial charge in [0.2, 0.25) is 5.91 Å². The summed E-state index contributed by atoms with van der Waals surface area (Å²) in [7, 11) is 0. The van der Waals surface area contributed by atoms with Crippen molar-refractivity contribution in [2.24, 2.45) is 5.92 Å². The third kappa shape index (κ3) is 7.00. The van der Waals surface area contributed by atoms with E-state index in [1.165, 1.54) is 12.8 Å². The van der Waals surface area contributed by atoms with E-state index in [1.54, 1.807) is 48.7 Å². The van der Waals surface area contributed by atoms with E-state index in [-0.39, 0.29) is 43.2 Å². The Morgan fingerprint density at radius 2 is 1.85 bits per heavy atom. The van der Waals surface area contributed by atoms with Crippen molar-refractivity contribution in [3.8, 4) is 0 Å². The van der Waals surface area contributed by atoms with Gasteiger partial charge in [0.15, 0.2) is 0 Å². The van der Waals surface area contributed by atoms with Crippen LogP contribution in [-0.4, -0.2) is 29.9 Å². The molecule has 0 radical (unpaired) electrons. The number of rotatable bonds is 7. The molecule has 1 aromatic carbocycles. The van der Waals surface area contributed by atoms with E-state index in [4.69, 9.17) is 0 Å². The lowest BCUT2D eigenvalue weighted by Crippen LogP contribution is -2.29. The molecule has 2 amide bonds. The number of benzene rings is 1. The zero-order valence-electron chi connectivity index (χ0n) is 14.1. The first-order valence-corrected chi connectivity index (χ1v) is 8.04. The Morgan fingerprint density at radius 3 is 2.54 bits per heavy atom. The highest BCUT2D eigenvalue weighted by molar-refractivity contribution is 6.05. The van der Waals surface area contributed by atoms with Crippen LogP contribution in [0.3, 0.4) is 0 Å². The molecular weight excluding hydrogens is 375 g/mol. The maximum absolute atomic E-state index is 12.2. The van der Waals surface area contributed by atoms with Crippen LogP contribution in [0, 0.1) is 5.92 Å². The van der Waals surface area contributed by atoms with Crippen molar-refractivity contribution in [3.05, 3.63) is 54.2 Å². The molecule has 0 spiro atoms. The summed E-state index contributed by atoms with van der Waals surface area (Å²) in [6.07, 6.45) is 4.12. The van der Waals surface area contributed by atoms with Crippen molar-refractivity contribution in [3.63, 3.8) is 0 Å². The smallest absolute Gasteiger partial charge is 0.256 e. The lowest BCUT2D eigenvalue weighted by Gasteiger charge is -2.08. The van der Waals surface area contributed by atoms with Gasteiger partial charge in [-0.1, -0.05) is 12.1 Å². The van der Waals surface area contributed by atoms with E-state index in [0.29, 0.717) is 17.1 Å². The lowest BCUT2D eigenvalue weighted by atomic mass is 10.2. The van der Waals surface area contributed by atoms with Crippen molar-refractivity contribution < 1.29 is 9.59 Å². The zero-order chi connectivity index (χ0) is 16.8. The van der Waals surface area contributed by atoms with Crippen LogP contribution in [0.1, 0.15) is 23.2 Å². The van der Waals surface area contributed by atoms with Gasteiger partial charge < -0.3 is 16.0 Å². The number of nitrogens with one attached hydrogen (secondary N) is 3. The van der Waals surface area contributed by atoms with E-state index in [2.05, 4.69) is 20.9 Å². The molecule has 140 valence electrons. The highest BCUT2D eigenvalue weighted by atomic mass is 35.5.